The highest BCUT2D eigenvalue weighted by Gasteiger charge is 2.50. The second kappa shape index (κ2) is 9.57. The van der Waals surface area contributed by atoms with Crippen molar-refractivity contribution in [3.8, 4) is 0 Å². The minimum absolute atomic E-state index is 0.226. The Morgan fingerprint density at radius 2 is 1.87 bits per heavy atom. The molecule has 3 rings (SSSR count). The van der Waals surface area contributed by atoms with Crippen molar-refractivity contribution in [2.45, 2.75) is 57.2 Å². The minimum atomic E-state index is -1.03. The topological polar surface area (TPSA) is 116 Å². The molecule has 8 heteroatoms. The van der Waals surface area contributed by atoms with Gasteiger partial charge in [0.15, 0.2) is 0 Å². The van der Waals surface area contributed by atoms with Crippen molar-refractivity contribution < 1.29 is 29.3 Å². The largest absolute Gasteiger partial charge is 0.480 e. The van der Waals surface area contributed by atoms with Crippen molar-refractivity contribution in [2.75, 3.05) is 19.8 Å². The van der Waals surface area contributed by atoms with E-state index in [9.17, 15) is 24.6 Å². The van der Waals surface area contributed by atoms with E-state index in [1.165, 1.54) is 4.90 Å². The first kappa shape index (κ1) is 22.2. The zero-order valence-corrected chi connectivity index (χ0v) is 17.3. The van der Waals surface area contributed by atoms with Gasteiger partial charge in [-0.1, -0.05) is 30.3 Å². The van der Waals surface area contributed by atoms with Gasteiger partial charge in [-0.15, -0.1) is 0 Å². The molecule has 164 valence electrons. The average Bonchev–Trinajstić information content (AvgIpc) is 3.10. The number of carboxylic acid groups (broad SMARTS) is 2. The summed E-state index contributed by atoms with van der Waals surface area (Å²) in [6.07, 6.45) is 2.78. The molecule has 0 aromatic heterocycles. The highest BCUT2D eigenvalue weighted by atomic mass is 16.5. The summed E-state index contributed by atoms with van der Waals surface area (Å²) in [5, 5.41) is 22.2. The number of aliphatic carboxylic acids is 2. The maximum Gasteiger partial charge on any atom is 0.326 e. The third-order valence-electron chi connectivity index (χ3n) is 6.31. The monoisotopic (exact) mass is 418 g/mol. The molecular formula is C22H30N2O6. The molecular weight excluding hydrogens is 388 g/mol. The number of carboxylic acids is 2. The number of nitrogens with one attached hydrogen (secondary N) is 1. The lowest BCUT2D eigenvalue weighted by atomic mass is 9.78. The minimum Gasteiger partial charge on any atom is -0.480 e. The molecule has 1 spiro atoms. The Labute approximate surface area is 176 Å². The van der Waals surface area contributed by atoms with Gasteiger partial charge in [0.1, 0.15) is 12.1 Å². The summed E-state index contributed by atoms with van der Waals surface area (Å²) in [7, 11) is 0. The molecule has 2 unspecified atom stereocenters. The number of aryl methyl sites for hydroxylation is 1. The number of hydrogen-bond donors (Lipinski definition) is 3. The number of likely N-dealkylation sites (tertiary alicyclic amines) is 1. The quantitative estimate of drug-likeness (QED) is 0.586. The molecule has 2 heterocycles. The highest BCUT2D eigenvalue weighted by Crippen LogP contribution is 2.43. The number of carbonyl (C=O) groups is 3. The summed E-state index contributed by atoms with van der Waals surface area (Å²) in [6.45, 7) is 3.13. The third-order valence-corrected chi connectivity index (χ3v) is 6.31. The van der Waals surface area contributed by atoms with Gasteiger partial charge in [0.05, 0.1) is 6.04 Å². The van der Waals surface area contributed by atoms with Gasteiger partial charge >= 0.3 is 11.9 Å². The van der Waals surface area contributed by atoms with Crippen LogP contribution in [0.3, 0.4) is 0 Å². The van der Waals surface area contributed by atoms with Crippen LogP contribution in [-0.4, -0.2) is 70.8 Å². The Morgan fingerprint density at radius 1 is 1.20 bits per heavy atom. The molecule has 0 bridgehead atoms. The SMILES string of the molecule is C[C@H](NC(CCc1ccccc1)C(=O)O)C(=O)N1CC2(CCOCC2)CC1C(=O)O. The summed E-state index contributed by atoms with van der Waals surface area (Å²) < 4.78 is 5.41. The van der Waals surface area contributed by atoms with Crippen molar-refractivity contribution >= 4 is 17.8 Å². The van der Waals surface area contributed by atoms with Gasteiger partial charge in [0.25, 0.3) is 0 Å². The zero-order valence-electron chi connectivity index (χ0n) is 17.3. The van der Waals surface area contributed by atoms with E-state index in [0.29, 0.717) is 39.0 Å². The molecule has 1 aromatic carbocycles. The van der Waals surface area contributed by atoms with Crippen LogP contribution in [0.25, 0.3) is 0 Å². The third kappa shape index (κ3) is 5.17. The van der Waals surface area contributed by atoms with E-state index < -0.39 is 30.1 Å². The first-order chi connectivity index (χ1) is 14.3. The van der Waals surface area contributed by atoms with Crippen molar-refractivity contribution in [2.24, 2.45) is 5.41 Å². The predicted octanol–water partition coefficient (Wildman–Crippen LogP) is 1.53. The smallest absolute Gasteiger partial charge is 0.326 e. The van der Waals surface area contributed by atoms with Crippen molar-refractivity contribution in [3.63, 3.8) is 0 Å². The van der Waals surface area contributed by atoms with Crippen LogP contribution in [0.5, 0.6) is 0 Å². The molecule has 0 saturated carbocycles. The molecule has 0 aliphatic carbocycles. The number of amides is 1. The summed E-state index contributed by atoms with van der Waals surface area (Å²) in [4.78, 5) is 38.0. The van der Waals surface area contributed by atoms with E-state index >= 15 is 0 Å². The molecule has 2 aliphatic rings. The summed E-state index contributed by atoms with van der Waals surface area (Å²) in [5.74, 6) is -2.41. The van der Waals surface area contributed by atoms with Crippen LogP contribution < -0.4 is 5.32 Å². The molecule has 3 atom stereocenters. The van der Waals surface area contributed by atoms with Crippen LogP contribution in [0.4, 0.5) is 0 Å². The molecule has 2 aliphatic heterocycles. The molecule has 30 heavy (non-hydrogen) atoms. The Bertz CT molecular complexity index is 762. The summed E-state index contributed by atoms with van der Waals surface area (Å²) >= 11 is 0. The van der Waals surface area contributed by atoms with Crippen LogP contribution in [0.15, 0.2) is 30.3 Å². The number of hydrogen-bond acceptors (Lipinski definition) is 5. The van der Waals surface area contributed by atoms with Gasteiger partial charge in [0.2, 0.25) is 5.91 Å². The molecule has 1 amide bonds. The molecule has 8 nitrogen and oxygen atoms in total. The van der Waals surface area contributed by atoms with E-state index in [2.05, 4.69) is 5.32 Å². The van der Waals surface area contributed by atoms with Crippen LogP contribution in [0, 0.1) is 5.41 Å². The maximum atomic E-state index is 13.1. The molecule has 1 aromatic rings. The van der Waals surface area contributed by atoms with Crippen LogP contribution in [0.2, 0.25) is 0 Å². The van der Waals surface area contributed by atoms with Crippen molar-refractivity contribution in [3.05, 3.63) is 35.9 Å². The number of ether oxygens (including phenoxy) is 1. The van der Waals surface area contributed by atoms with Crippen LogP contribution >= 0.6 is 0 Å². The number of carbonyl (C=O) groups excluding carboxylic acids is 1. The van der Waals surface area contributed by atoms with Crippen LogP contribution in [-0.2, 0) is 25.5 Å². The first-order valence-corrected chi connectivity index (χ1v) is 10.5. The molecule has 2 saturated heterocycles. The molecule has 2 fully saturated rings. The fourth-order valence-electron chi connectivity index (χ4n) is 4.53. The van der Waals surface area contributed by atoms with E-state index in [0.717, 1.165) is 18.4 Å². The first-order valence-electron chi connectivity index (χ1n) is 10.5. The Hall–Kier alpha value is -2.45. The Kier molecular flexibility index (Phi) is 7.10. The Morgan fingerprint density at radius 3 is 2.47 bits per heavy atom. The van der Waals surface area contributed by atoms with E-state index in [1.54, 1.807) is 6.92 Å². The van der Waals surface area contributed by atoms with Gasteiger partial charge in [-0.05, 0) is 50.0 Å². The molecule has 3 N–H and O–H groups in total. The number of rotatable bonds is 8. The lowest BCUT2D eigenvalue weighted by Crippen LogP contribution is -2.53. The fourth-order valence-corrected chi connectivity index (χ4v) is 4.53. The summed E-state index contributed by atoms with van der Waals surface area (Å²) in [6, 6.07) is 6.99. The van der Waals surface area contributed by atoms with Gasteiger partial charge in [-0.3, -0.25) is 14.9 Å². The standard InChI is InChI=1S/C22H30N2O6/c1-15(23-17(20(26)27)8-7-16-5-3-2-4-6-16)19(25)24-14-22(9-11-30-12-10-22)13-18(24)21(28)29/h2-6,15,17-18,23H,7-14H2,1H3,(H,26,27)(H,28,29)/t15-,17?,18?/m0/s1. The zero-order chi connectivity index (χ0) is 21.7. The number of benzene rings is 1. The second-order valence-electron chi connectivity index (χ2n) is 8.44. The van der Waals surface area contributed by atoms with E-state index in [-0.39, 0.29) is 11.3 Å². The van der Waals surface area contributed by atoms with Gasteiger partial charge < -0.3 is 19.8 Å². The van der Waals surface area contributed by atoms with Crippen molar-refractivity contribution in [1.82, 2.24) is 10.2 Å². The van der Waals surface area contributed by atoms with E-state index in [1.807, 2.05) is 30.3 Å². The number of nitrogens with zero attached hydrogens (tertiary/aromatic N) is 1. The maximum absolute atomic E-state index is 13.1. The van der Waals surface area contributed by atoms with Gasteiger partial charge in [0, 0.05) is 19.8 Å². The normalized spacial score (nSPS) is 22.6. The lowest BCUT2D eigenvalue weighted by Gasteiger charge is -2.33. The van der Waals surface area contributed by atoms with Gasteiger partial charge in [-0.25, -0.2) is 4.79 Å². The van der Waals surface area contributed by atoms with Crippen LogP contribution in [0.1, 0.15) is 38.2 Å². The lowest BCUT2D eigenvalue weighted by molar-refractivity contribution is -0.149. The van der Waals surface area contributed by atoms with Crippen molar-refractivity contribution in [1.29, 1.82) is 0 Å². The van der Waals surface area contributed by atoms with E-state index in [4.69, 9.17) is 4.74 Å². The summed E-state index contributed by atoms with van der Waals surface area (Å²) in [5.41, 5.74) is 0.799. The van der Waals surface area contributed by atoms with Gasteiger partial charge in [-0.2, -0.15) is 0 Å². The fraction of sp³-hybridized carbons (Fsp3) is 0.591. The Balaban J connectivity index is 1.64. The molecule has 0 radical (unpaired) electrons. The average molecular weight is 418 g/mol. The predicted molar refractivity (Wildman–Crippen MR) is 109 cm³/mol. The second-order valence-corrected chi connectivity index (χ2v) is 8.44. The highest BCUT2D eigenvalue weighted by molar-refractivity contribution is 5.88.